The fraction of sp³-hybridized carbons (Fsp3) is 0.192. The maximum absolute atomic E-state index is 14.5. The summed E-state index contributed by atoms with van der Waals surface area (Å²) in [4.78, 5) is 17.4. The van der Waals surface area contributed by atoms with Crippen molar-refractivity contribution < 1.29 is 32.0 Å². The SMILES string of the molecule is COc1cc(NC(C(=O)c2c[nH]c3cc(OC)c(F)cc23)c2ccc(F)cc2OC)cc(S(C)=O)c1. The number of H-pyrrole nitrogens is 1. The minimum Gasteiger partial charge on any atom is -0.497 e. The lowest BCUT2D eigenvalue weighted by molar-refractivity contribution is 0.0970. The van der Waals surface area contributed by atoms with Crippen LogP contribution in [0.3, 0.4) is 0 Å². The van der Waals surface area contributed by atoms with Gasteiger partial charge in [-0.2, -0.15) is 0 Å². The third-order valence-corrected chi connectivity index (χ3v) is 6.65. The van der Waals surface area contributed by atoms with Crippen molar-refractivity contribution >= 4 is 33.2 Å². The Morgan fingerprint density at radius 2 is 1.72 bits per heavy atom. The highest BCUT2D eigenvalue weighted by atomic mass is 32.2. The number of hydrogen-bond donors (Lipinski definition) is 2. The van der Waals surface area contributed by atoms with Gasteiger partial charge < -0.3 is 24.5 Å². The summed E-state index contributed by atoms with van der Waals surface area (Å²) in [6.45, 7) is 0. The zero-order chi connectivity index (χ0) is 26.0. The first-order valence-corrected chi connectivity index (χ1v) is 12.3. The Hall–Kier alpha value is -3.92. The molecule has 4 aromatic rings. The predicted molar refractivity (Wildman–Crippen MR) is 134 cm³/mol. The molecule has 188 valence electrons. The number of Topliss-reactive ketones (excluding diaryl/α,β-unsaturated/α-hetero) is 1. The van der Waals surface area contributed by atoms with Crippen LogP contribution in [0, 0.1) is 11.6 Å². The van der Waals surface area contributed by atoms with E-state index >= 15 is 0 Å². The Bertz CT molecular complexity index is 1470. The maximum atomic E-state index is 14.5. The third-order valence-electron chi connectivity index (χ3n) is 5.75. The number of nitrogens with one attached hydrogen (secondary N) is 2. The van der Waals surface area contributed by atoms with E-state index in [0.29, 0.717) is 32.8 Å². The van der Waals surface area contributed by atoms with E-state index in [1.807, 2.05) is 0 Å². The Labute approximate surface area is 208 Å². The topological polar surface area (TPSA) is 89.7 Å². The molecule has 0 aliphatic carbocycles. The molecule has 1 aromatic heterocycles. The van der Waals surface area contributed by atoms with Gasteiger partial charge in [0.25, 0.3) is 0 Å². The van der Waals surface area contributed by atoms with Crippen molar-refractivity contribution in [3.05, 3.63) is 77.5 Å². The van der Waals surface area contributed by atoms with Crippen molar-refractivity contribution in [3.8, 4) is 17.2 Å². The molecular weight excluding hydrogens is 490 g/mol. The van der Waals surface area contributed by atoms with Crippen LogP contribution in [0.5, 0.6) is 17.2 Å². The Morgan fingerprint density at radius 1 is 0.972 bits per heavy atom. The molecule has 2 N–H and O–H groups in total. The number of benzene rings is 3. The molecule has 0 aliphatic rings. The molecule has 0 bridgehead atoms. The van der Waals surface area contributed by atoms with Gasteiger partial charge in [0.1, 0.15) is 23.4 Å². The molecule has 4 rings (SSSR count). The van der Waals surface area contributed by atoms with Gasteiger partial charge in [-0.1, -0.05) is 0 Å². The summed E-state index contributed by atoms with van der Waals surface area (Å²) in [7, 11) is 2.88. The minimum absolute atomic E-state index is 0.0368. The first kappa shape index (κ1) is 25.2. The van der Waals surface area contributed by atoms with E-state index in [-0.39, 0.29) is 17.1 Å². The van der Waals surface area contributed by atoms with Gasteiger partial charge in [0.05, 0.1) is 26.8 Å². The number of halogens is 2. The highest BCUT2D eigenvalue weighted by molar-refractivity contribution is 7.84. The van der Waals surface area contributed by atoms with E-state index in [1.54, 1.807) is 18.2 Å². The van der Waals surface area contributed by atoms with Crippen molar-refractivity contribution in [2.45, 2.75) is 10.9 Å². The quantitative estimate of drug-likeness (QED) is 0.297. The predicted octanol–water partition coefficient (Wildman–Crippen LogP) is 5.25. The smallest absolute Gasteiger partial charge is 0.191 e. The second-order valence-electron chi connectivity index (χ2n) is 7.91. The summed E-state index contributed by atoms with van der Waals surface area (Å²) in [5.74, 6) is -0.967. The number of hydrogen-bond acceptors (Lipinski definition) is 6. The number of carbonyl (C=O) groups is 1. The molecule has 36 heavy (non-hydrogen) atoms. The summed E-state index contributed by atoms with van der Waals surface area (Å²) in [6, 6.07) is 10.4. The Balaban J connectivity index is 1.86. The fourth-order valence-electron chi connectivity index (χ4n) is 3.95. The van der Waals surface area contributed by atoms with Crippen molar-refractivity contribution in [2.24, 2.45) is 0 Å². The number of rotatable bonds is 9. The van der Waals surface area contributed by atoms with Crippen LogP contribution >= 0.6 is 0 Å². The summed E-state index contributed by atoms with van der Waals surface area (Å²) in [6.07, 6.45) is 3.01. The van der Waals surface area contributed by atoms with Crippen LogP contribution in [0.2, 0.25) is 0 Å². The first-order valence-electron chi connectivity index (χ1n) is 10.8. The second kappa shape index (κ2) is 10.4. The van der Waals surface area contributed by atoms with Gasteiger partial charge in [0, 0.05) is 68.5 Å². The van der Waals surface area contributed by atoms with Crippen molar-refractivity contribution in [1.29, 1.82) is 0 Å². The van der Waals surface area contributed by atoms with E-state index in [0.717, 1.165) is 0 Å². The van der Waals surface area contributed by atoms with Gasteiger partial charge in [0.15, 0.2) is 17.3 Å². The monoisotopic (exact) mass is 514 g/mol. The van der Waals surface area contributed by atoms with Crippen LogP contribution < -0.4 is 19.5 Å². The zero-order valence-corrected chi connectivity index (χ0v) is 20.8. The standard InChI is InChI=1S/C26H24F2N2O5S/c1-33-16-8-15(9-17(10-16)36(4)32)30-25(18-6-5-14(27)7-23(18)34-2)26(31)20-13-29-22-12-24(35-3)21(28)11-19(20)22/h5-13,25,29-30H,1-4H3. The molecule has 0 saturated heterocycles. The lowest BCUT2D eigenvalue weighted by atomic mass is 9.95. The number of aromatic nitrogens is 1. The lowest BCUT2D eigenvalue weighted by Crippen LogP contribution is -2.22. The Kier molecular flexibility index (Phi) is 7.25. The number of anilines is 1. The van der Waals surface area contributed by atoms with Crippen LogP contribution in [-0.2, 0) is 10.8 Å². The summed E-state index contributed by atoms with van der Waals surface area (Å²) in [5, 5.41) is 3.50. The van der Waals surface area contributed by atoms with E-state index in [4.69, 9.17) is 14.2 Å². The fourth-order valence-corrected chi connectivity index (χ4v) is 4.53. The summed E-state index contributed by atoms with van der Waals surface area (Å²) >= 11 is 0. The molecule has 1 heterocycles. The minimum atomic E-state index is -1.32. The molecule has 0 saturated carbocycles. The second-order valence-corrected chi connectivity index (χ2v) is 9.29. The van der Waals surface area contributed by atoms with Crippen LogP contribution in [-0.4, -0.2) is 42.6 Å². The molecule has 0 aliphatic heterocycles. The Morgan fingerprint density at radius 3 is 2.39 bits per heavy atom. The van der Waals surface area contributed by atoms with Crippen LogP contribution in [0.25, 0.3) is 10.9 Å². The van der Waals surface area contributed by atoms with E-state index in [1.165, 1.54) is 64.1 Å². The zero-order valence-electron chi connectivity index (χ0n) is 20.0. The molecule has 7 nitrogen and oxygen atoms in total. The first-order chi connectivity index (χ1) is 17.2. The molecule has 0 fully saturated rings. The normalized spacial score (nSPS) is 12.7. The number of aromatic amines is 1. The van der Waals surface area contributed by atoms with Crippen molar-refractivity contribution in [3.63, 3.8) is 0 Å². The number of carbonyl (C=O) groups excluding carboxylic acids is 1. The molecule has 3 aromatic carbocycles. The van der Waals surface area contributed by atoms with Crippen LogP contribution in [0.1, 0.15) is 22.0 Å². The third kappa shape index (κ3) is 4.90. The summed E-state index contributed by atoms with van der Waals surface area (Å²) in [5.41, 5.74) is 1.51. The molecular formula is C26H24F2N2O5S. The number of fused-ring (bicyclic) bond motifs is 1. The largest absolute Gasteiger partial charge is 0.497 e. The van der Waals surface area contributed by atoms with Gasteiger partial charge in [-0.15, -0.1) is 0 Å². The number of methoxy groups -OCH3 is 3. The van der Waals surface area contributed by atoms with Gasteiger partial charge in [-0.3, -0.25) is 9.00 Å². The average molecular weight is 515 g/mol. The highest BCUT2D eigenvalue weighted by Crippen LogP contribution is 2.35. The van der Waals surface area contributed by atoms with Gasteiger partial charge >= 0.3 is 0 Å². The van der Waals surface area contributed by atoms with Crippen LogP contribution in [0.4, 0.5) is 14.5 Å². The molecule has 2 atom stereocenters. The molecule has 0 radical (unpaired) electrons. The van der Waals surface area contributed by atoms with Crippen LogP contribution in [0.15, 0.2) is 59.6 Å². The van der Waals surface area contributed by atoms with Gasteiger partial charge in [-0.25, -0.2) is 8.78 Å². The number of ether oxygens (including phenoxy) is 3. The molecule has 0 amide bonds. The lowest BCUT2D eigenvalue weighted by Gasteiger charge is -2.22. The number of ketones is 1. The maximum Gasteiger partial charge on any atom is 0.191 e. The van der Waals surface area contributed by atoms with Gasteiger partial charge in [-0.05, 0) is 30.3 Å². The van der Waals surface area contributed by atoms with E-state index in [9.17, 15) is 17.8 Å². The highest BCUT2D eigenvalue weighted by Gasteiger charge is 2.28. The van der Waals surface area contributed by atoms with Crippen molar-refractivity contribution in [1.82, 2.24) is 4.98 Å². The summed E-state index contributed by atoms with van der Waals surface area (Å²) < 4.78 is 56.4. The van der Waals surface area contributed by atoms with Gasteiger partial charge in [0.2, 0.25) is 0 Å². The molecule has 2 unspecified atom stereocenters. The van der Waals surface area contributed by atoms with E-state index < -0.39 is 34.3 Å². The van der Waals surface area contributed by atoms with E-state index in [2.05, 4.69) is 10.3 Å². The molecule has 0 spiro atoms. The molecule has 10 heteroatoms. The average Bonchev–Trinajstić information content (AvgIpc) is 3.28. The van der Waals surface area contributed by atoms with Crippen molar-refractivity contribution in [2.75, 3.05) is 32.9 Å².